The number of hydrogen-bond acceptors (Lipinski definition) is 11. The molecule has 0 aromatic carbocycles. The maximum absolute atomic E-state index is 13.9. The second-order valence-electron chi connectivity index (χ2n) is 16.3. The van der Waals surface area contributed by atoms with Gasteiger partial charge in [0.05, 0.1) is 43.2 Å². The molecule has 52 heavy (non-hydrogen) atoms. The molecule has 0 aliphatic heterocycles. The van der Waals surface area contributed by atoms with Crippen LogP contribution in [0.25, 0.3) is 0 Å². The summed E-state index contributed by atoms with van der Waals surface area (Å²) in [7, 11) is 1.63. The van der Waals surface area contributed by atoms with Crippen LogP contribution in [0.5, 0.6) is 0 Å². The van der Waals surface area contributed by atoms with E-state index in [4.69, 9.17) is 22.3 Å². The Morgan fingerprint density at radius 1 is 0.846 bits per heavy atom. The first-order valence-corrected chi connectivity index (χ1v) is 19.5. The number of ketones is 1. The summed E-state index contributed by atoms with van der Waals surface area (Å²) < 4.78 is 5.52. The molecule has 15 nitrogen and oxygen atoms in total. The number of amides is 4. The maximum Gasteiger partial charge on any atom is 0.348 e. The van der Waals surface area contributed by atoms with Gasteiger partial charge >= 0.3 is 12.0 Å². The molecule has 4 amide bonds. The third-order valence-corrected chi connectivity index (χ3v) is 11.5. The number of urea groups is 1. The van der Waals surface area contributed by atoms with Crippen molar-refractivity contribution in [3.8, 4) is 0 Å². The number of ether oxygens (including phenoxy) is 1. The normalized spacial score (nSPS) is 25.3. The topological polar surface area (TPSA) is 207 Å². The first kappa shape index (κ1) is 43.6. The van der Waals surface area contributed by atoms with E-state index in [9.17, 15) is 24.0 Å². The summed E-state index contributed by atoms with van der Waals surface area (Å²) in [6.45, 7) is 9.82. The van der Waals surface area contributed by atoms with Crippen molar-refractivity contribution in [3.63, 3.8) is 0 Å². The Morgan fingerprint density at radius 2 is 1.52 bits per heavy atom. The van der Waals surface area contributed by atoms with Crippen molar-refractivity contribution >= 4 is 29.6 Å². The van der Waals surface area contributed by atoms with Crippen LogP contribution in [0.2, 0.25) is 0 Å². The Labute approximate surface area is 310 Å². The third-order valence-electron chi connectivity index (χ3n) is 11.5. The molecule has 0 radical (unpaired) electrons. The van der Waals surface area contributed by atoms with Gasteiger partial charge in [-0.05, 0) is 89.9 Å². The largest absolute Gasteiger partial charge is 0.381 e. The van der Waals surface area contributed by atoms with Crippen LogP contribution in [0.4, 0.5) is 4.79 Å². The fraction of sp³-hybridized carbons (Fsp3) is 0.865. The van der Waals surface area contributed by atoms with E-state index in [2.05, 4.69) is 17.1 Å². The Hall–Kier alpha value is -2.85. The number of nitrogens with two attached hydrogens (primary N) is 3. The molecule has 0 heterocycles. The van der Waals surface area contributed by atoms with Gasteiger partial charge in [0.2, 0.25) is 11.8 Å². The fourth-order valence-corrected chi connectivity index (χ4v) is 7.96. The molecule has 0 spiro atoms. The zero-order chi connectivity index (χ0) is 38.6. The molecule has 15 heteroatoms. The van der Waals surface area contributed by atoms with Gasteiger partial charge in [0, 0.05) is 32.2 Å². The average molecular weight is 737 g/mol. The van der Waals surface area contributed by atoms with Gasteiger partial charge < -0.3 is 24.7 Å². The average Bonchev–Trinajstić information content (AvgIpc) is 3.13. The Balaban J connectivity index is 1.62. The van der Waals surface area contributed by atoms with Gasteiger partial charge in [-0.1, -0.05) is 40.0 Å². The Bertz CT molecular complexity index is 1190. The van der Waals surface area contributed by atoms with Gasteiger partial charge in [-0.2, -0.15) is 5.90 Å². The van der Waals surface area contributed by atoms with E-state index in [1.54, 1.807) is 7.11 Å². The smallest absolute Gasteiger partial charge is 0.348 e. The van der Waals surface area contributed by atoms with Crippen LogP contribution >= 0.6 is 0 Å². The lowest BCUT2D eigenvalue weighted by molar-refractivity contribution is -0.149. The molecule has 3 aliphatic carbocycles. The summed E-state index contributed by atoms with van der Waals surface area (Å²) in [6, 6.07) is -0.491. The number of methoxy groups -OCH3 is 1. The van der Waals surface area contributed by atoms with Gasteiger partial charge in [-0.25, -0.2) is 16.5 Å². The molecule has 3 fully saturated rings. The molecule has 298 valence electrons. The zero-order valence-corrected chi connectivity index (χ0v) is 32.6. The van der Waals surface area contributed by atoms with Crippen molar-refractivity contribution in [2.75, 3.05) is 33.3 Å². The number of Topliss-reactive ketones (excluding diaryl/α,β-unsaturated/α-hetero) is 1. The van der Waals surface area contributed by atoms with Gasteiger partial charge in [0.1, 0.15) is 0 Å². The summed E-state index contributed by atoms with van der Waals surface area (Å²) in [5, 5.41) is 6.14. The summed E-state index contributed by atoms with van der Waals surface area (Å²) in [5.74, 6) is 16.6. The molecule has 0 aromatic rings. The van der Waals surface area contributed by atoms with Crippen LogP contribution in [0.3, 0.4) is 0 Å². The van der Waals surface area contributed by atoms with Crippen LogP contribution in [0, 0.1) is 17.8 Å². The lowest BCUT2D eigenvalue weighted by Gasteiger charge is -2.41. The second kappa shape index (κ2) is 20.6. The second-order valence-corrected chi connectivity index (χ2v) is 16.3. The first-order valence-electron chi connectivity index (χ1n) is 19.5. The molecule has 7 N–H and O–H groups in total. The van der Waals surface area contributed by atoms with Gasteiger partial charge in [0.15, 0.2) is 5.78 Å². The number of hydrogen-bond donors (Lipinski definition) is 4. The standard InChI is InChI=1S/C37H68N8O7/c1-25(2)18-20-42(33(47)24-43(21-19-34(48)52-40)35(49)27-11-9-12-30(22-27)51-6)23-32(46)37(4,5)41-28-14-16-29(17-15-28)44(38)36(50)45(39)31-13-8-7-10-26(31)3/h25-31,41H,7-24,38-40H2,1-6H3. The lowest BCUT2D eigenvalue weighted by Crippen LogP contribution is -2.60. The highest BCUT2D eigenvalue weighted by molar-refractivity contribution is 5.93. The predicted octanol–water partition coefficient (Wildman–Crippen LogP) is 3.00. The molecule has 3 saturated carbocycles. The first-order chi connectivity index (χ1) is 24.6. The van der Waals surface area contributed by atoms with Crippen molar-refractivity contribution in [2.45, 2.75) is 154 Å². The minimum atomic E-state index is -0.949. The van der Waals surface area contributed by atoms with E-state index in [-0.39, 0.29) is 85.7 Å². The number of rotatable bonds is 17. The molecule has 0 saturated heterocycles. The summed E-state index contributed by atoms with van der Waals surface area (Å²) in [6.07, 6.45) is 10.3. The number of hydrazine groups is 2. The Morgan fingerprint density at radius 3 is 2.13 bits per heavy atom. The number of carbonyl (C=O) groups is 5. The minimum Gasteiger partial charge on any atom is -0.381 e. The number of carbonyl (C=O) groups excluding carboxylic acids is 5. The number of nitrogens with zero attached hydrogens (tertiary/aromatic N) is 4. The van der Waals surface area contributed by atoms with Crippen LogP contribution in [0.15, 0.2) is 0 Å². The van der Waals surface area contributed by atoms with E-state index in [0.29, 0.717) is 44.6 Å². The van der Waals surface area contributed by atoms with Crippen molar-refractivity contribution in [1.29, 1.82) is 0 Å². The molecule has 3 rings (SSSR count). The zero-order valence-electron chi connectivity index (χ0n) is 32.6. The van der Waals surface area contributed by atoms with Gasteiger partial charge in [0.25, 0.3) is 0 Å². The van der Waals surface area contributed by atoms with Crippen LogP contribution in [-0.4, -0.2) is 112 Å². The van der Waals surface area contributed by atoms with E-state index >= 15 is 0 Å². The third kappa shape index (κ3) is 12.6. The highest BCUT2D eigenvalue weighted by Crippen LogP contribution is 2.30. The molecule has 0 aromatic heterocycles. The summed E-state index contributed by atoms with van der Waals surface area (Å²) in [4.78, 5) is 73.9. The van der Waals surface area contributed by atoms with E-state index < -0.39 is 11.5 Å². The quantitative estimate of drug-likeness (QED) is 0.0970. The maximum atomic E-state index is 13.9. The van der Waals surface area contributed by atoms with Gasteiger partial charge in [-0.3, -0.25) is 29.2 Å². The van der Waals surface area contributed by atoms with Crippen molar-refractivity contribution in [1.82, 2.24) is 25.1 Å². The SMILES string of the molecule is COC1CCCC(C(=O)N(CCC(=O)ON)CC(=O)N(CCC(C)C)CC(=O)C(C)(C)NC2CCC(N(N)C(=O)N(N)C3CCCCC3C)CC2)C1. The predicted molar refractivity (Wildman–Crippen MR) is 197 cm³/mol. The number of nitrogens with one attached hydrogen (secondary N) is 1. The van der Waals surface area contributed by atoms with Crippen LogP contribution in [-0.2, 0) is 28.8 Å². The molecular formula is C37H68N8O7. The summed E-state index contributed by atoms with van der Waals surface area (Å²) in [5.41, 5.74) is -0.949. The van der Waals surface area contributed by atoms with Crippen molar-refractivity contribution in [2.24, 2.45) is 35.3 Å². The van der Waals surface area contributed by atoms with E-state index in [1.807, 2.05) is 27.7 Å². The minimum absolute atomic E-state index is 0.0110. The van der Waals surface area contributed by atoms with E-state index in [0.717, 1.165) is 51.4 Å². The molecular weight excluding hydrogens is 668 g/mol. The molecule has 0 bridgehead atoms. The van der Waals surface area contributed by atoms with E-state index in [1.165, 1.54) is 19.8 Å². The molecule has 4 atom stereocenters. The van der Waals surface area contributed by atoms with Crippen molar-refractivity contribution in [3.05, 3.63) is 0 Å². The molecule has 3 aliphatic rings. The van der Waals surface area contributed by atoms with Crippen LogP contribution in [0.1, 0.15) is 125 Å². The highest BCUT2D eigenvalue weighted by Gasteiger charge is 2.38. The fourth-order valence-electron chi connectivity index (χ4n) is 7.96. The summed E-state index contributed by atoms with van der Waals surface area (Å²) >= 11 is 0. The highest BCUT2D eigenvalue weighted by atomic mass is 16.7. The Kier molecular flexibility index (Phi) is 17.2. The van der Waals surface area contributed by atoms with Gasteiger partial charge in [-0.15, -0.1) is 0 Å². The lowest BCUT2D eigenvalue weighted by atomic mass is 9.85. The molecule has 4 unspecified atom stereocenters. The van der Waals surface area contributed by atoms with Crippen molar-refractivity contribution < 1.29 is 33.5 Å². The van der Waals surface area contributed by atoms with Crippen LogP contribution < -0.4 is 22.9 Å². The monoisotopic (exact) mass is 737 g/mol.